The summed E-state index contributed by atoms with van der Waals surface area (Å²) >= 11 is 3.47. The second-order valence-electron chi connectivity index (χ2n) is 5.21. The molecule has 1 aliphatic carbocycles. The lowest BCUT2D eigenvalue weighted by Gasteiger charge is -2.26. The fraction of sp³-hybridized carbons (Fsp3) is 0.643. The van der Waals surface area contributed by atoms with Crippen molar-refractivity contribution in [3.05, 3.63) is 28.5 Å². The van der Waals surface area contributed by atoms with E-state index in [1.54, 1.807) is 0 Å². The van der Waals surface area contributed by atoms with E-state index in [0.29, 0.717) is 0 Å². The Morgan fingerprint density at radius 3 is 2.76 bits per heavy atom. The van der Waals surface area contributed by atoms with Crippen LogP contribution in [0.25, 0.3) is 0 Å². The zero-order chi connectivity index (χ0) is 12.1. The molecule has 0 amide bonds. The maximum absolute atomic E-state index is 4.21. The van der Waals surface area contributed by atoms with Crippen LogP contribution in [0.5, 0.6) is 0 Å². The van der Waals surface area contributed by atoms with Crippen LogP contribution in [-0.4, -0.2) is 23.5 Å². The van der Waals surface area contributed by atoms with E-state index in [0.717, 1.165) is 16.9 Å². The molecular weight excluding hydrogens is 276 g/mol. The van der Waals surface area contributed by atoms with E-state index >= 15 is 0 Å². The van der Waals surface area contributed by atoms with Gasteiger partial charge in [-0.15, -0.1) is 0 Å². The monoisotopic (exact) mass is 296 g/mol. The Morgan fingerprint density at radius 2 is 2.06 bits per heavy atom. The molecule has 1 heterocycles. The predicted octanol–water partition coefficient (Wildman–Crippen LogP) is 3.86. The van der Waals surface area contributed by atoms with Crippen molar-refractivity contribution < 1.29 is 0 Å². The Morgan fingerprint density at radius 1 is 1.29 bits per heavy atom. The number of hydrogen-bond acceptors (Lipinski definition) is 2. The molecule has 0 unspecified atom stereocenters. The molecule has 0 spiro atoms. The molecule has 0 radical (unpaired) electrons. The van der Waals surface area contributed by atoms with Crippen molar-refractivity contribution in [1.29, 1.82) is 0 Å². The molecule has 2 nitrogen and oxygen atoms in total. The fourth-order valence-electron chi connectivity index (χ4n) is 2.73. The van der Waals surface area contributed by atoms with E-state index in [2.05, 4.69) is 38.9 Å². The molecule has 1 aliphatic rings. The smallest absolute Gasteiger partial charge is 0.0410 e. The summed E-state index contributed by atoms with van der Waals surface area (Å²) in [7, 11) is 2.22. The molecule has 3 heteroatoms. The highest BCUT2D eigenvalue weighted by Crippen LogP contribution is 2.24. The van der Waals surface area contributed by atoms with Crippen LogP contribution in [0.3, 0.4) is 0 Å². The number of aromatic nitrogens is 1. The van der Waals surface area contributed by atoms with Crippen LogP contribution in [-0.2, 0) is 6.54 Å². The van der Waals surface area contributed by atoms with Gasteiger partial charge in [0, 0.05) is 30.0 Å². The van der Waals surface area contributed by atoms with E-state index in [4.69, 9.17) is 0 Å². The van der Waals surface area contributed by atoms with Crippen LogP contribution < -0.4 is 0 Å². The Labute approximate surface area is 113 Å². The molecule has 17 heavy (non-hydrogen) atoms. The van der Waals surface area contributed by atoms with Crippen LogP contribution in [0.15, 0.2) is 22.9 Å². The highest BCUT2D eigenvalue weighted by Gasteiger charge is 2.15. The van der Waals surface area contributed by atoms with Gasteiger partial charge in [-0.2, -0.15) is 0 Å². The minimum atomic E-state index is 0.911. The van der Waals surface area contributed by atoms with Gasteiger partial charge in [-0.05, 0) is 53.4 Å². The summed E-state index contributed by atoms with van der Waals surface area (Å²) in [6.45, 7) is 2.23. The lowest BCUT2D eigenvalue weighted by molar-refractivity contribution is 0.228. The van der Waals surface area contributed by atoms with Crippen LogP contribution in [0.1, 0.15) is 37.7 Å². The second-order valence-corrected chi connectivity index (χ2v) is 6.13. The quantitative estimate of drug-likeness (QED) is 0.839. The standard InChI is InChI=1S/C14H21BrN2/c1-17(10-12-5-3-2-4-6-12)11-13-7-14(15)9-16-8-13/h7-9,12H,2-6,10-11H2,1H3. The van der Waals surface area contributed by atoms with E-state index in [9.17, 15) is 0 Å². The first-order valence-electron chi connectivity index (χ1n) is 6.52. The molecule has 0 atom stereocenters. The lowest BCUT2D eigenvalue weighted by Crippen LogP contribution is -2.26. The Hall–Kier alpha value is -0.410. The topological polar surface area (TPSA) is 16.1 Å². The van der Waals surface area contributed by atoms with E-state index in [1.807, 2.05) is 12.4 Å². The van der Waals surface area contributed by atoms with Crippen molar-refractivity contribution in [1.82, 2.24) is 9.88 Å². The van der Waals surface area contributed by atoms with Crippen molar-refractivity contribution in [2.24, 2.45) is 5.92 Å². The zero-order valence-corrected chi connectivity index (χ0v) is 12.1. The molecule has 2 rings (SSSR count). The largest absolute Gasteiger partial charge is 0.302 e. The van der Waals surface area contributed by atoms with Crippen LogP contribution in [0, 0.1) is 5.92 Å². The van der Waals surface area contributed by atoms with Crippen molar-refractivity contribution in [2.45, 2.75) is 38.6 Å². The molecule has 0 bridgehead atoms. The first-order valence-corrected chi connectivity index (χ1v) is 7.31. The summed E-state index contributed by atoms with van der Waals surface area (Å²) in [6, 6.07) is 2.16. The summed E-state index contributed by atoms with van der Waals surface area (Å²) in [5.41, 5.74) is 1.29. The molecule has 94 valence electrons. The minimum Gasteiger partial charge on any atom is -0.302 e. The van der Waals surface area contributed by atoms with Crippen molar-refractivity contribution in [3.63, 3.8) is 0 Å². The molecule has 1 aromatic heterocycles. The maximum atomic E-state index is 4.21. The normalized spacial score (nSPS) is 17.6. The average molecular weight is 297 g/mol. The number of halogens is 1. The third-order valence-corrected chi connectivity index (χ3v) is 3.94. The van der Waals surface area contributed by atoms with Gasteiger partial charge < -0.3 is 4.90 Å². The second kappa shape index (κ2) is 6.50. The number of nitrogens with zero attached hydrogens (tertiary/aromatic N) is 2. The van der Waals surface area contributed by atoms with Gasteiger partial charge in [-0.25, -0.2) is 0 Å². The molecular formula is C14H21BrN2. The maximum Gasteiger partial charge on any atom is 0.0410 e. The van der Waals surface area contributed by atoms with E-state index in [1.165, 1.54) is 44.2 Å². The summed E-state index contributed by atoms with van der Waals surface area (Å²) in [5.74, 6) is 0.911. The van der Waals surface area contributed by atoms with Gasteiger partial charge in [-0.3, -0.25) is 4.98 Å². The van der Waals surface area contributed by atoms with Crippen LogP contribution in [0.2, 0.25) is 0 Å². The van der Waals surface area contributed by atoms with E-state index in [-0.39, 0.29) is 0 Å². The highest BCUT2D eigenvalue weighted by molar-refractivity contribution is 9.10. The third kappa shape index (κ3) is 4.40. The summed E-state index contributed by atoms with van der Waals surface area (Å²) in [5, 5.41) is 0. The van der Waals surface area contributed by atoms with Gasteiger partial charge in [0.05, 0.1) is 0 Å². The minimum absolute atomic E-state index is 0.911. The molecule has 0 aromatic carbocycles. The Balaban J connectivity index is 1.82. The van der Waals surface area contributed by atoms with Gasteiger partial charge in [0.2, 0.25) is 0 Å². The lowest BCUT2D eigenvalue weighted by atomic mass is 9.89. The van der Waals surface area contributed by atoms with Crippen LogP contribution >= 0.6 is 15.9 Å². The Bertz CT molecular complexity index is 348. The average Bonchev–Trinajstić information content (AvgIpc) is 2.30. The van der Waals surface area contributed by atoms with Crippen LogP contribution in [0.4, 0.5) is 0 Å². The molecule has 1 saturated carbocycles. The van der Waals surface area contributed by atoms with Crippen molar-refractivity contribution in [2.75, 3.05) is 13.6 Å². The predicted molar refractivity (Wildman–Crippen MR) is 74.8 cm³/mol. The van der Waals surface area contributed by atoms with Gasteiger partial charge in [0.25, 0.3) is 0 Å². The third-order valence-electron chi connectivity index (χ3n) is 3.51. The van der Waals surface area contributed by atoms with Gasteiger partial charge in [-0.1, -0.05) is 19.3 Å². The summed E-state index contributed by atoms with van der Waals surface area (Å²) < 4.78 is 1.07. The molecule has 0 N–H and O–H groups in total. The number of hydrogen-bond donors (Lipinski definition) is 0. The zero-order valence-electron chi connectivity index (χ0n) is 10.5. The Kier molecular flexibility index (Phi) is 4.99. The highest BCUT2D eigenvalue weighted by atomic mass is 79.9. The molecule has 0 saturated heterocycles. The van der Waals surface area contributed by atoms with Gasteiger partial charge >= 0.3 is 0 Å². The molecule has 0 aliphatic heterocycles. The SMILES string of the molecule is CN(Cc1cncc(Br)c1)CC1CCCCC1. The van der Waals surface area contributed by atoms with Crippen molar-refractivity contribution in [3.8, 4) is 0 Å². The van der Waals surface area contributed by atoms with Crippen molar-refractivity contribution >= 4 is 15.9 Å². The van der Waals surface area contributed by atoms with Gasteiger partial charge in [0.1, 0.15) is 0 Å². The summed E-state index contributed by atoms with van der Waals surface area (Å²) in [6.07, 6.45) is 10.9. The number of pyridine rings is 1. The summed E-state index contributed by atoms with van der Waals surface area (Å²) in [4.78, 5) is 6.64. The first kappa shape index (κ1) is 13.0. The molecule has 1 aromatic rings. The van der Waals surface area contributed by atoms with E-state index < -0.39 is 0 Å². The first-order chi connectivity index (χ1) is 8.24. The fourth-order valence-corrected chi connectivity index (χ4v) is 3.14. The molecule has 1 fully saturated rings. The number of rotatable bonds is 4. The van der Waals surface area contributed by atoms with Gasteiger partial charge in [0.15, 0.2) is 0 Å².